The minimum absolute atomic E-state index is 0.0464. The normalized spacial score (nSPS) is 18.6. The van der Waals surface area contributed by atoms with Crippen LogP contribution >= 0.6 is 11.6 Å². The maximum atomic E-state index is 12.8. The van der Waals surface area contributed by atoms with Crippen LogP contribution in [0.15, 0.2) is 83.0 Å². The minimum atomic E-state index is -0.729. The summed E-state index contributed by atoms with van der Waals surface area (Å²) in [6.45, 7) is 0.120. The van der Waals surface area contributed by atoms with Gasteiger partial charge in [0.15, 0.2) is 0 Å². The molecule has 6 heteroatoms. The second-order valence-corrected chi connectivity index (χ2v) is 6.86. The van der Waals surface area contributed by atoms with Crippen molar-refractivity contribution in [2.45, 2.75) is 12.6 Å². The van der Waals surface area contributed by atoms with Gasteiger partial charge in [0.25, 0.3) is 11.7 Å². The molecule has 1 saturated heterocycles. The Kier molecular flexibility index (Phi) is 4.75. The fourth-order valence-electron chi connectivity index (χ4n) is 3.36. The highest BCUT2D eigenvalue weighted by Crippen LogP contribution is 2.40. The van der Waals surface area contributed by atoms with E-state index in [1.165, 1.54) is 11.2 Å². The first-order valence-electron chi connectivity index (χ1n) is 8.68. The topological polar surface area (TPSA) is 70.8 Å². The van der Waals surface area contributed by atoms with Gasteiger partial charge in [0.05, 0.1) is 24.4 Å². The van der Waals surface area contributed by atoms with Gasteiger partial charge >= 0.3 is 0 Å². The number of aliphatic hydroxyl groups is 1. The number of hydrogen-bond acceptors (Lipinski definition) is 4. The molecule has 140 valence electrons. The van der Waals surface area contributed by atoms with Gasteiger partial charge in [-0.05, 0) is 42.0 Å². The summed E-state index contributed by atoms with van der Waals surface area (Å²) >= 11 is 5.92. The van der Waals surface area contributed by atoms with Crippen LogP contribution in [-0.2, 0) is 16.1 Å². The molecule has 0 aliphatic carbocycles. The van der Waals surface area contributed by atoms with Crippen molar-refractivity contribution in [3.63, 3.8) is 0 Å². The van der Waals surface area contributed by atoms with Gasteiger partial charge in [-0.3, -0.25) is 9.59 Å². The molecule has 1 aliphatic rings. The Morgan fingerprint density at radius 3 is 2.36 bits per heavy atom. The summed E-state index contributed by atoms with van der Waals surface area (Å²) in [6.07, 6.45) is 1.51. The summed E-state index contributed by atoms with van der Waals surface area (Å²) in [7, 11) is 0. The average molecular weight is 394 g/mol. The number of carbonyl (C=O) groups is 2. The smallest absolute Gasteiger partial charge is 0.296 e. The number of Topliss-reactive ketones (excluding diaryl/α,β-unsaturated/α-hetero) is 1. The molecule has 5 nitrogen and oxygen atoms in total. The Morgan fingerprint density at radius 2 is 1.71 bits per heavy atom. The van der Waals surface area contributed by atoms with Crippen LogP contribution in [0.2, 0.25) is 5.02 Å². The molecule has 1 aliphatic heterocycles. The van der Waals surface area contributed by atoms with Crippen LogP contribution in [-0.4, -0.2) is 21.7 Å². The SMILES string of the molecule is O=C1C(=O)N(Cc2ccco2)C(c2ccccc2)C1=C(O)c1ccc(Cl)cc1. The molecule has 1 aromatic heterocycles. The molecule has 1 fully saturated rings. The van der Waals surface area contributed by atoms with E-state index in [0.29, 0.717) is 16.3 Å². The standard InChI is InChI=1S/C22H16ClNO4/c23-16-10-8-15(9-11-16)20(25)18-19(14-5-2-1-3-6-14)24(22(27)21(18)26)13-17-7-4-12-28-17/h1-12,19,25H,13H2. The van der Waals surface area contributed by atoms with Crippen molar-refractivity contribution in [1.82, 2.24) is 4.90 Å². The largest absolute Gasteiger partial charge is 0.507 e. The molecule has 3 aromatic rings. The minimum Gasteiger partial charge on any atom is -0.507 e. The van der Waals surface area contributed by atoms with Crippen LogP contribution in [0.25, 0.3) is 5.76 Å². The second kappa shape index (κ2) is 7.37. The predicted octanol–water partition coefficient (Wildman–Crippen LogP) is 4.55. The van der Waals surface area contributed by atoms with Gasteiger partial charge in [-0.15, -0.1) is 0 Å². The van der Waals surface area contributed by atoms with E-state index in [-0.39, 0.29) is 17.9 Å². The molecule has 1 N–H and O–H groups in total. The van der Waals surface area contributed by atoms with Crippen LogP contribution < -0.4 is 0 Å². The summed E-state index contributed by atoms with van der Waals surface area (Å²) in [4.78, 5) is 27.0. The second-order valence-electron chi connectivity index (χ2n) is 6.42. The number of hydrogen-bond donors (Lipinski definition) is 1. The quantitative estimate of drug-likeness (QED) is 0.401. The van der Waals surface area contributed by atoms with E-state index in [9.17, 15) is 14.7 Å². The lowest BCUT2D eigenvalue weighted by molar-refractivity contribution is -0.140. The first-order chi connectivity index (χ1) is 13.6. The summed E-state index contributed by atoms with van der Waals surface area (Å²) in [5.74, 6) is -1.09. The summed E-state index contributed by atoms with van der Waals surface area (Å²) < 4.78 is 5.36. The molecule has 28 heavy (non-hydrogen) atoms. The van der Waals surface area contributed by atoms with Crippen LogP contribution in [0.3, 0.4) is 0 Å². The summed E-state index contributed by atoms with van der Waals surface area (Å²) in [5.41, 5.74) is 1.19. The molecular weight excluding hydrogens is 378 g/mol. The third-order valence-electron chi connectivity index (χ3n) is 4.68. The monoisotopic (exact) mass is 393 g/mol. The predicted molar refractivity (Wildman–Crippen MR) is 104 cm³/mol. The Morgan fingerprint density at radius 1 is 1.00 bits per heavy atom. The van der Waals surface area contributed by atoms with Crippen molar-refractivity contribution < 1.29 is 19.1 Å². The van der Waals surface area contributed by atoms with Gasteiger partial charge < -0.3 is 14.4 Å². The molecule has 2 aromatic carbocycles. The van der Waals surface area contributed by atoms with E-state index in [4.69, 9.17) is 16.0 Å². The molecule has 0 saturated carbocycles. The molecule has 4 rings (SSSR count). The Hall–Kier alpha value is -3.31. The summed E-state index contributed by atoms with van der Waals surface area (Å²) in [5, 5.41) is 11.4. The van der Waals surface area contributed by atoms with E-state index in [2.05, 4.69) is 0 Å². The average Bonchev–Trinajstić information content (AvgIpc) is 3.31. The molecule has 2 heterocycles. The first kappa shape index (κ1) is 18.1. The lowest BCUT2D eigenvalue weighted by atomic mass is 9.95. The van der Waals surface area contributed by atoms with Gasteiger partial charge in [0, 0.05) is 10.6 Å². The fraction of sp³-hybridized carbons (Fsp3) is 0.0909. The number of rotatable bonds is 4. The molecule has 0 radical (unpaired) electrons. The zero-order chi connectivity index (χ0) is 19.7. The number of amides is 1. The zero-order valence-corrected chi connectivity index (χ0v) is 15.5. The highest BCUT2D eigenvalue weighted by molar-refractivity contribution is 6.46. The number of ketones is 1. The number of furan rings is 1. The molecule has 1 amide bonds. The van der Waals surface area contributed by atoms with Crippen molar-refractivity contribution in [3.8, 4) is 0 Å². The highest BCUT2D eigenvalue weighted by atomic mass is 35.5. The van der Waals surface area contributed by atoms with Gasteiger partial charge in [0.1, 0.15) is 11.5 Å². The molecule has 0 spiro atoms. The van der Waals surface area contributed by atoms with Crippen molar-refractivity contribution in [3.05, 3.63) is 100 Å². The number of likely N-dealkylation sites (tertiary alicyclic amines) is 1. The van der Waals surface area contributed by atoms with Crippen molar-refractivity contribution >= 4 is 29.1 Å². The number of aliphatic hydroxyl groups excluding tert-OH is 1. The van der Waals surface area contributed by atoms with Gasteiger partial charge in [-0.1, -0.05) is 41.9 Å². The molecule has 1 atom stereocenters. The highest BCUT2D eigenvalue weighted by Gasteiger charge is 2.46. The van der Waals surface area contributed by atoms with Crippen LogP contribution in [0, 0.1) is 0 Å². The van der Waals surface area contributed by atoms with Gasteiger partial charge in [-0.25, -0.2) is 0 Å². The number of nitrogens with zero attached hydrogens (tertiary/aromatic N) is 1. The van der Waals surface area contributed by atoms with Crippen molar-refractivity contribution in [1.29, 1.82) is 0 Å². The maximum absolute atomic E-state index is 12.8. The van der Waals surface area contributed by atoms with E-state index in [1.807, 2.05) is 30.3 Å². The third-order valence-corrected chi connectivity index (χ3v) is 4.93. The first-order valence-corrected chi connectivity index (χ1v) is 9.05. The van der Waals surface area contributed by atoms with Gasteiger partial charge in [0.2, 0.25) is 0 Å². The van der Waals surface area contributed by atoms with Crippen molar-refractivity contribution in [2.75, 3.05) is 0 Å². The number of carbonyl (C=O) groups excluding carboxylic acids is 2. The Bertz CT molecular complexity index is 1040. The zero-order valence-electron chi connectivity index (χ0n) is 14.7. The molecular formula is C22H16ClNO4. The lowest BCUT2D eigenvalue weighted by Crippen LogP contribution is -2.29. The lowest BCUT2D eigenvalue weighted by Gasteiger charge is -2.24. The molecule has 0 bridgehead atoms. The van der Waals surface area contributed by atoms with E-state index >= 15 is 0 Å². The van der Waals surface area contributed by atoms with Crippen molar-refractivity contribution in [2.24, 2.45) is 0 Å². The Labute approximate surface area is 166 Å². The van der Waals surface area contributed by atoms with Gasteiger partial charge in [-0.2, -0.15) is 0 Å². The Balaban J connectivity index is 1.85. The fourth-order valence-corrected chi connectivity index (χ4v) is 3.48. The van der Waals surface area contributed by atoms with E-state index in [1.54, 1.807) is 36.4 Å². The van der Waals surface area contributed by atoms with E-state index < -0.39 is 17.7 Å². The number of halogens is 1. The summed E-state index contributed by atoms with van der Waals surface area (Å²) in [6, 6.07) is 18.3. The molecule has 1 unspecified atom stereocenters. The van der Waals surface area contributed by atoms with Crippen LogP contribution in [0.1, 0.15) is 22.9 Å². The van der Waals surface area contributed by atoms with E-state index in [0.717, 1.165) is 5.56 Å². The number of benzene rings is 2. The maximum Gasteiger partial charge on any atom is 0.296 e. The van der Waals surface area contributed by atoms with Crippen LogP contribution in [0.4, 0.5) is 0 Å². The third kappa shape index (κ3) is 3.21. The van der Waals surface area contributed by atoms with Crippen LogP contribution in [0.5, 0.6) is 0 Å².